The van der Waals surface area contributed by atoms with Crippen LogP contribution >= 0.6 is 0 Å². The van der Waals surface area contributed by atoms with Crippen LogP contribution in [-0.2, 0) is 6.42 Å². The molecule has 1 aromatic carbocycles. The molecule has 0 saturated heterocycles. The first kappa shape index (κ1) is 9.90. The van der Waals surface area contributed by atoms with Crippen molar-refractivity contribution in [3.63, 3.8) is 0 Å². The highest BCUT2D eigenvalue weighted by Gasteiger charge is 2.28. The van der Waals surface area contributed by atoms with E-state index in [0.717, 1.165) is 12.0 Å². The zero-order valence-corrected chi connectivity index (χ0v) is 8.78. The van der Waals surface area contributed by atoms with E-state index in [2.05, 4.69) is 19.2 Å². The summed E-state index contributed by atoms with van der Waals surface area (Å²) < 4.78 is 0. The van der Waals surface area contributed by atoms with E-state index >= 15 is 0 Å². The second kappa shape index (κ2) is 3.50. The summed E-state index contributed by atoms with van der Waals surface area (Å²) in [7, 11) is 0. The molecule has 2 rings (SSSR count). The lowest BCUT2D eigenvalue weighted by atomic mass is 9.99. The average Bonchev–Trinajstić information content (AvgIpc) is 2.41. The van der Waals surface area contributed by atoms with Crippen molar-refractivity contribution in [3.8, 4) is 0 Å². The minimum absolute atomic E-state index is 0.402. The van der Waals surface area contributed by atoms with E-state index in [1.165, 1.54) is 0 Å². The Morgan fingerprint density at radius 3 is 2.47 bits per heavy atom. The highest BCUT2D eigenvalue weighted by Crippen LogP contribution is 2.19. The second-order valence-electron chi connectivity index (χ2n) is 4.20. The van der Waals surface area contributed by atoms with Crippen molar-refractivity contribution in [2.24, 2.45) is 5.92 Å². The summed E-state index contributed by atoms with van der Waals surface area (Å²) in [4.78, 5) is 22.5. The number of imide groups is 1. The minimum atomic E-state index is -0.411. The quantitative estimate of drug-likeness (QED) is 0.686. The zero-order valence-electron chi connectivity index (χ0n) is 8.78. The Bertz CT molecular complexity index is 435. The molecule has 15 heavy (non-hydrogen) atoms. The Labute approximate surface area is 88.5 Å². The van der Waals surface area contributed by atoms with Gasteiger partial charge in [-0.2, -0.15) is 5.32 Å². The number of hydrogen-bond donors (Lipinski definition) is 0. The topological polar surface area (TPSA) is 48.2 Å². The Morgan fingerprint density at radius 2 is 1.80 bits per heavy atom. The van der Waals surface area contributed by atoms with E-state index < -0.39 is 11.8 Å². The molecule has 1 aromatic rings. The number of hydrogen-bond acceptors (Lipinski definition) is 2. The van der Waals surface area contributed by atoms with Crippen LogP contribution in [0.15, 0.2) is 18.2 Å². The van der Waals surface area contributed by atoms with Gasteiger partial charge in [0.2, 0.25) is 0 Å². The second-order valence-corrected chi connectivity index (χ2v) is 4.20. The lowest BCUT2D eigenvalue weighted by Crippen LogP contribution is -2.10. The standard InChI is InChI=1S/C12H12NO2/c1-7(2)5-8-3-4-9-10(6-8)12(15)13-11(9)14/h3-4,6-7H,5H2,1-2H3. The summed E-state index contributed by atoms with van der Waals surface area (Å²) in [5, 5.41) is 3.40. The fourth-order valence-corrected chi connectivity index (χ4v) is 1.77. The van der Waals surface area contributed by atoms with Crippen LogP contribution in [0, 0.1) is 5.92 Å². The smallest absolute Gasteiger partial charge is 0.267 e. The normalized spacial score (nSPS) is 14.3. The van der Waals surface area contributed by atoms with Crippen LogP contribution in [0.3, 0.4) is 0 Å². The fraction of sp³-hybridized carbons (Fsp3) is 0.333. The first-order valence-electron chi connectivity index (χ1n) is 5.01. The van der Waals surface area contributed by atoms with Gasteiger partial charge in [0.15, 0.2) is 0 Å². The van der Waals surface area contributed by atoms with Crippen LogP contribution in [0.1, 0.15) is 40.1 Å². The van der Waals surface area contributed by atoms with Gasteiger partial charge in [0, 0.05) is 0 Å². The molecule has 0 atom stereocenters. The molecular formula is C12H12NO2. The molecule has 0 N–H and O–H groups in total. The largest absolute Gasteiger partial charge is 0.281 e. The van der Waals surface area contributed by atoms with Gasteiger partial charge in [-0.25, -0.2) is 0 Å². The highest BCUT2D eigenvalue weighted by atomic mass is 16.2. The number of fused-ring (bicyclic) bond motifs is 1. The van der Waals surface area contributed by atoms with E-state index in [1.54, 1.807) is 12.1 Å². The molecule has 1 heterocycles. The predicted molar refractivity (Wildman–Crippen MR) is 55.8 cm³/mol. The lowest BCUT2D eigenvalue weighted by Gasteiger charge is -2.05. The van der Waals surface area contributed by atoms with Gasteiger partial charge >= 0.3 is 0 Å². The van der Waals surface area contributed by atoms with Gasteiger partial charge in [-0.1, -0.05) is 19.9 Å². The minimum Gasteiger partial charge on any atom is -0.267 e. The van der Waals surface area contributed by atoms with E-state index in [-0.39, 0.29) is 0 Å². The van der Waals surface area contributed by atoms with Crippen LogP contribution in [-0.4, -0.2) is 11.8 Å². The molecule has 1 aliphatic heterocycles. The summed E-state index contributed by atoms with van der Waals surface area (Å²) in [6, 6.07) is 5.38. The molecule has 0 saturated carbocycles. The van der Waals surface area contributed by atoms with Gasteiger partial charge in [-0.15, -0.1) is 0 Å². The molecule has 0 bridgehead atoms. The van der Waals surface area contributed by atoms with Gasteiger partial charge in [-0.3, -0.25) is 9.59 Å². The first-order chi connectivity index (χ1) is 7.08. The van der Waals surface area contributed by atoms with E-state index in [0.29, 0.717) is 17.0 Å². The number of nitrogens with zero attached hydrogens (tertiary/aromatic N) is 1. The molecule has 0 spiro atoms. The van der Waals surface area contributed by atoms with Crippen molar-refractivity contribution in [2.75, 3.05) is 0 Å². The van der Waals surface area contributed by atoms with Crippen LogP contribution in [0.5, 0.6) is 0 Å². The zero-order chi connectivity index (χ0) is 11.0. The van der Waals surface area contributed by atoms with E-state index in [1.807, 2.05) is 6.07 Å². The molecule has 3 nitrogen and oxygen atoms in total. The number of benzene rings is 1. The summed E-state index contributed by atoms with van der Waals surface area (Å²) in [5.74, 6) is -0.279. The molecule has 0 unspecified atom stereocenters. The molecule has 1 aliphatic rings. The van der Waals surface area contributed by atoms with Gasteiger partial charge in [0.05, 0.1) is 11.1 Å². The molecule has 0 aliphatic carbocycles. The van der Waals surface area contributed by atoms with Crippen LogP contribution in [0.25, 0.3) is 0 Å². The number of carbonyl (C=O) groups excluding carboxylic acids is 2. The molecule has 0 fully saturated rings. The third-order valence-electron chi connectivity index (χ3n) is 2.39. The molecule has 2 amide bonds. The van der Waals surface area contributed by atoms with Crippen LogP contribution in [0.2, 0.25) is 0 Å². The fourth-order valence-electron chi connectivity index (χ4n) is 1.77. The maximum atomic E-state index is 11.3. The third-order valence-corrected chi connectivity index (χ3v) is 2.39. The Balaban J connectivity index is 2.38. The van der Waals surface area contributed by atoms with E-state index in [9.17, 15) is 9.59 Å². The number of amides is 2. The first-order valence-corrected chi connectivity index (χ1v) is 5.01. The SMILES string of the molecule is CC(C)Cc1ccc2c(c1)C(=O)[N]C2=O. The van der Waals surface area contributed by atoms with Crippen molar-refractivity contribution in [1.29, 1.82) is 0 Å². The Hall–Kier alpha value is -1.64. The summed E-state index contributed by atoms with van der Waals surface area (Å²) in [6.07, 6.45) is 0.911. The molecular weight excluding hydrogens is 190 g/mol. The molecule has 77 valence electrons. The van der Waals surface area contributed by atoms with Gasteiger partial charge in [-0.05, 0) is 30.0 Å². The average molecular weight is 202 g/mol. The van der Waals surface area contributed by atoms with Gasteiger partial charge < -0.3 is 0 Å². The molecule has 0 aromatic heterocycles. The monoisotopic (exact) mass is 202 g/mol. The Kier molecular flexibility index (Phi) is 2.31. The van der Waals surface area contributed by atoms with Crippen LogP contribution < -0.4 is 5.32 Å². The third kappa shape index (κ3) is 1.77. The van der Waals surface area contributed by atoms with Gasteiger partial charge in [0.1, 0.15) is 0 Å². The predicted octanol–water partition coefficient (Wildman–Crippen LogP) is 1.78. The molecule has 3 heteroatoms. The van der Waals surface area contributed by atoms with E-state index in [4.69, 9.17) is 0 Å². The Morgan fingerprint density at radius 1 is 1.13 bits per heavy atom. The molecule has 1 radical (unpaired) electrons. The summed E-state index contributed by atoms with van der Waals surface area (Å²) in [5.41, 5.74) is 1.98. The van der Waals surface area contributed by atoms with Crippen molar-refractivity contribution in [2.45, 2.75) is 20.3 Å². The number of carbonyl (C=O) groups is 2. The maximum absolute atomic E-state index is 11.3. The summed E-state index contributed by atoms with van der Waals surface area (Å²) in [6.45, 7) is 4.23. The van der Waals surface area contributed by atoms with Crippen molar-refractivity contribution >= 4 is 11.8 Å². The van der Waals surface area contributed by atoms with Crippen LogP contribution in [0.4, 0.5) is 0 Å². The van der Waals surface area contributed by atoms with Gasteiger partial charge in [0.25, 0.3) is 11.8 Å². The van der Waals surface area contributed by atoms with Crippen molar-refractivity contribution in [1.82, 2.24) is 5.32 Å². The van der Waals surface area contributed by atoms with Crippen molar-refractivity contribution in [3.05, 3.63) is 34.9 Å². The lowest BCUT2D eigenvalue weighted by molar-refractivity contribution is 0.0873. The number of rotatable bonds is 2. The van der Waals surface area contributed by atoms with Crippen molar-refractivity contribution < 1.29 is 9.59 Å². The highest BCUT2D eigenvalue weighted by molar-refractivity contribution is 6.21. The summed E-state index contributed by atoms with van der Waals surface area (Å²) >= 11 is 0. The maximum Gasteiger partial charge on any atom is 0.281 e.